The Kier molecular flexibility index (Phi) is 4.35. The van der Waals surface area contributed by atoms with Crippen LogP contribution in [0.1, 0.15) is 17.0 Å². The number of hydrogen-bond donors (Lipinski definition) is 1. The zero-order valence-electron chi connectivity index (χ0n) is 12.4. The summed E-state index contributed by atoms with van der Waals surface area (Å²) in [4.78, 5) is 26.1. The number of nitrogens with zero attached hydrogens (tertiary/aromatic N) is 2. The summed E-state index contributed by atoms with van der Waals surface area (Å²) in [6.07, 6.45) is 1.43. The molecule has 0 spiro atoms. The Morgan fingerprint density at radius 2 is 2.04 bits per heavy atom. The molecule has 3 rings (SSSR count). The van der Waals surface area contributed by atoms with Crippen molar-refractivity contribution in [3.8, 4) is 0 Å². The summed E-state index contributed by atoms with van der Waals surface area (Å²) in [5, 5.41) is 20.7. The minimum atomic E-state index is -0.981. The number of rotatable bonds is 5. The number of nitro groups is 1. The minimum Gasteiger partial charge on any atom is -0.481 e. The van der Waals surface area contributed by atoms with Gasteiger partial charge in [-0.15, -0.1) is 11.3 Å². The van der Waals surface area contributed by atoms with Crippen molar-refractivity contribution in [1.82, 2.24) is 4.98 Å². The first kappa shape index (κ1) is 15.8. The predicted octanol–water partition coefficient (Wildman–Crippen LogP) is 4.22. The summed E-state index contributed by atoms with van der Waals surface area (Å²) in [6, 6.07) is 13.6. The maximum Gasteiger partial charge on any atom is 0.307 e. The SMILES string of the molecule is O=C(O)C/C(=C\c1cccc([N+](=O)[O-])c1)c1nc2ccccc2s1. The van der Waals surface area contributed by atoms with E-state index in [9.17, 15) is 14.9 Å². The lowest BCUT2D eigenvalue weighted by Gasteiger charge is -2.02. The van der Waals surface area contributed by atoms with Crippen LogP contribution in [0.2, 0.25) is 0 Å². The first-order chi connectivity index (χ1) is 11.5. The van der Waals surface area contributed by atoms with E-state index < -0.39 is 10.9 Å². The second-order valence-corrected chi connectivity index (χ2v) is 6.11. The molecule has 0 atom stereocenters. The molecule has 0 radical (unpaired) electrons. The number of thiazole rings is 1. The van der Waals surface area contributed by atoms with Gasteiger partial charge in [-0.05, 0) is 29.3 Å². The number of benzene rings is 2. The fraction of sp³-hybridized carbons (Fsp3) is 0.0588. The van der Waals surface area contributed by atoms with Crippen LogP contribution in [-0.4, -0.2) is 21.0 Å². The Bertz CT molecular complexity index is 929. The van der Waals surface area contributed by atoms with Crippen LogP contribution in [-0.2, 0) is 4.79 Å². The molecule has 0 aliphatic carbocycles. The molecule has 1 aromatic heterocycles. The summed E-state index contributed by atoms with van der Waals surface area (Å²) in [7, 11) is 0. The summed E-state index contributed by atoms with van der Waals surface area (Å²) < 4.78 is 0.961. The molecule has 24 heavy (non-hydrogen) atoms. The lowest BCUT2D eigenvalue weighted by atomic mass is 10.1. The van der Waals surface area contributed by atoms with E-state index in [-0.39, 0.29) is 12.1 Å². The normalized spacial score (nSPS) is 11.6. The van der Waals surface area contributed by atoms with E-state index >= 15 is 0 Å². The molecule has 7 heteroatoms. The molecule has 2 aromatic carbocycles. The number of nitro benzene ring substituents is 1. The van der Waals surface area contributed by atoms with Gasteiger partial charge in [-0.2, -0.15) is 0 Å². The largest absolute Gasteiger partial charge is 0.481 e. The van der Waals surface area contributed by atoms with Crippen LogP contribution >= 0.6 is 11.3 Å². The van der Waals surface area contributed by atoms with Gasteiger partial charge < -0.3 is 5.11 Å². The van der Waals surface area contributed by atoms with Crippen molar-refractivity contribution in [2.24, 2.45) is 0 Å². The van der Waals surface area contributed by atoms with Crippen LogP contribution < -0.4 is 0 Å². The molecule has 0 saturated carbocycles. The molecule has 0 unspecified atom stereocenters. The highest BCUT2D eigenvalue weighted by Crippen LogP contribution is 2.30. The van der Waals surface area contributed by atoms with E-state index in [0.29, 0.717) is 16.1 Å². The Hall–Kier alpha value is -3.06. The second kappa shape index (κ2) is 6.59. The van der Waals surface area contributed by atoms with Gasteiger partial charge >= 0.3 is 5.97 Å². The van der Waals surface area contributed by atoms with Gasteiger partial charge in [0.05, 0.1) is 21.6 Å². The smallest absolute Gasteiger partial charge is 0.307 e. The van der Waals surface area contributed by atoms with Gasteiger partial charge in [-0.25, -0.2) is 4.98 Å². The van der Waals surface area contributed by atoms with Crippen molar-refractivity contribution in [2.45, 2.75) is 6.42 Å². The molecule has 0 aliphatic heterocycles. The Morgan fingerprint density at radius 3 is 2.75 bits per heavy atom. The van der Waals surface area contributed by atoms with Crippen molar-refractivity contribution >= 4 is 44.9 Å². The van der Waals surface area contributed by atoms with Crippen LogP contribution in [0.25, 0.3) is 21.9 Å². The monoisotopic (exact) mass is 340 g/mol. The van der Waals surface area contributed by atoms with Gasteiger partial charge in [-0.3, -0.25) is 14.9 Å². The van der Waals surface area contributed by atoms with Crippen molar-refractivity contribution in [3.63, 3.8) is 0 Å². The van der Waals surface area contributed by atoms with Crippen LogP contribution in [0.15, 0.2) is 48.5 Å². The van der Waals surface area contributed by atoms with E-state index in [1.807, 2.05) is 24.3 Å². The zero-order chi connectivity index (χ0) is 17.1. The zero-order valence-corrected chi connectivity index (χ0v) is 13.2. The Morgan fingerprint density at radius 1 is 1.25 bits per heavy atom. The molecule has 120 valence electrons. The average Bonchev–Trinajstić information content (AvgIpc) is 2.98. The Labute approximate surface area is 140 Å². The molecule has 0 aliphatic rings. The molecule has 3 aromatic rings. The third-order valence-electron chi connectivity index (χ3n) is 3.33. The number of aliphatic carboxylic acids is 1. The van der Waals surface area contributed by atoms with Crippen molar-refractivity contribution in [3.05, 3.63) is 69.2 Å². The van der Waals surface area contributed by atoms with Gasteiger partial charge in [-0.1, -0.05) is 24.3 Å². The fourth-order valence-electron chi connectivity index (χ4n) is 2.29. The highest BCUT2D eigenvalue weighted by molar-refractivity contribution is 7.19. The van der Waals surface area contributed by atoms with Crippen LogP contribution in [0.5, 0.6) is 0 Å². The Balaban J connectivity index is 2.07. The molecule has 0 amide bonds. The number of hydrogen-bond acceptors (Lipinski definition) is 5. The van der Waals surface area contributed by atoms with Gasteiger partial charge in [0.2, 0.25) is 0 Å². The first-order valence-corrected chi connectivity index (χ1v) is 7.87. The molecule has 1 N–H and O–H groups in total. The lowest BCUT2D eigenvalue weighted by Crippen LogP contribution is -1.97. The number of aromatic nitrogens is 1. The van der Waals surface area contributed by atoms with E-state index in [1.54, 1.807) is 18.2 Å². The topological polar surface area (TPSA) is 93.3 Å². The summed E-state index contributed by atoms with van der Waals surface area (Å²) in [5.41, 5.74) is 1.85. The number of fused-ring (bicyclic) bond motifs is 1. The standard InChI is InChI=1S/C17H12N2O4S/c20-16(21)10-12(8-11-4-3-5-13(9-11)19(22)23)17-18-14-6-1-2-7-15(14)24-17/h1-9H,10H2,(H,20,21)/b12-8+. The van der Waals surface area contributed by atoms with Crippen molar-refractivity contribution < 1.29 is 14.8 Å². The van der Waals surface area contributed by atoms with E-state index in [2.05, 4.69) is 4.98 Å². The summed E-state index contributed by atoms with van der Waals surface area (Å²) in [6.45, 7) is 0. The van der Waals surface area contributed by atoms with Crippen molar-refractivity contribution in [1.29, 1.82) is 0 Å². The molecular formula is C17H12N2O4S. The predicted molar refractivity (Wildman–Crippen MR) is 92.8 cm³/mol. The molecular weight excluding hydrogens is 328 g/mol. The molecule has 0 saturated heterocycles. The molecule has 0 bridgehead atoms. The fourth-order valence-corrected chi connectivity index (χ4v) is 3.27. The second-order valence-electron chi connectivity index (χ2n) is 5.08. The lowest BCUT2D eigenvalue weighted by molar-refractivity contribution is -0.384. The van der Waals surface area contributed by atoms with Gasteiger partial charge in [0.25, 0.3) is 5.69 Å². The molecule has 1 heterocycles. The minimum absolute atomic E-state index is 0.0391. The third kappa shape index (κ3) is 3.47. The number of non-ortho nitro benzene ring substituents is 1. The van der Waals surface area contributed by atoms with E-state index in [4.69, 9.17) is 5.11 Å². The maximum absolute atomic E-state index is 11.2. The number of carboxylic acids is 1. The van der Waals surface area contributed by atoms with Gasteiger partial charge in [0.1, 0.15) is 5.01 Å². The quantitative estimate of drug-likeness (QED) is 0.554. The number of para-hydroxylation sites is 1. The molecule has 0 fully saturated rings. The van der Waals surface area contributed by atoms with E-state index in [0.717, 1.165) is 10.2 Å². The number of carbonyl (C=O) groups is 1. The third-order valence-corrected chi connectivity index (χ3v) is 4.44. The average molecular weight is 340 g/mol. The highest BCUT2D eigenvalue weighted by Gasteiger charge is 2.13. The van der Waals surface area contributed by atoms with Gasteiger partial charge in [0.15, 0.2) is 0 Å². The summed E-state index contributed by atoms with van der Waals surface area (Å²) >= 11 is 1.40. The summed E-state index contributed by atoms with van der Waals surface area (Å²) in [5.74, 6) is -0.981. The number of carboxylic acid groups (broad SMARTS) is 1. The highest BCUT2D eigenvalue weighted by atomic mass is 32.1. The molecule has 6 nitrogen and oxygen atoms in total. The van der Waals surface area contributed by atoms with E-state index in [1.165, 1.54) is 23.5 Å². The van der Waals surface area contributed by atoms with Crippen LogP contribution in [0, 0.1) is 10.1 Å². The van der Waals surface area contributed by atoms with Gasteiger partial charge in [0, 0.05) is 12.1 Å². The van der Waals surface area contributed by atoms with Crippen molar-refractivity contribution in [2.75, 3.05) is 0 Å². The first-order valence-electron chi connectivity index (χ1n) is 7.06. The van der Waals surface area contributed by atoms with Crippen LogP contribution in [0.3, 0.4) is 0 Å². The maximum atomic E-state index is 11.2. The van der Waals surface area contributed by atoms with Crippen LogP contribution in [0.4, 0.5) is 5.69 Å².